The first-order chi connectivity index (χ1) is 20.3. The molecule has 2 heterocycles. The Morgan fingerprint density at radius 1 is 1.07 bits per heavy atom. The largest absolute Gasteiger partial charge is 0.460 e. The van der Waals surface area contributed by atoms with Crippen LogP contribution in [-0.4, -0.2) is 67.8 Å². The number of halogens is 1. The zero-order valence-electron chi connectivity index (χ0n) is 24.7. The van der Waals surface area contributed by atoms with Gasteiger partial charge in [0.25, 0.3) is 0 Å². The zero-order valence-corrected chi connectivity index (χ0v) is 24.7. The Kier molecular flexibility index (Phi) is 9.83. The van der Waals surface area contributed by atoms with Crippen molar-refractivity contribution in [3.8, 4) is 0 Å². The number of nitrogens with zero attached hydrogens (tertiary/aromatic N) is 1. The second-order valence-corrected chi connectivity index (χ2v) is 12.2. The lowest BCUT2D eigenvalue weighted by molar-refractivity contribution is -0.142. The third kappa shape index (κ3) is 6.49. The van der Waals surface area contributed by atoms with Crippen LogP contribution in [0.3, 0.4) is 0 Å². The first-order valence-corrected chi connectivity index (χ1v) is 15.5. The lowest BCUT2D eigenvalue weighted by Crippen LogP contribution is -2.50. The fraction of sp³-hybridized carbons (Fsp3) is 0.656. The molecule has 3 atom stereocenters. The van der Waals surface area contributed by atoms with Crippen LogP contribution >= 0.6 is 0 Å². The number of furan rings is 1. The molecule has 0 spiro atoms. The minimum Gasteiger partial charge on any atom is -0.460 e. The topological polar surface area (TPSA) is 124 Å². The summed E-state index contributed by atoms with van der Waals surface area (Å²) in [6.07, 6.45) is 7.70. The highest BCUT2D eigenvalue weighted by Gasteiger charge is 2.47. The molecule has 0 radical (unpaired) electrons. The Hall–Kier alpha value is -2.98. The van der Waals surface area contributed by atoms with Crippen molar-refractivity contribution in [2.24, 2.45) is 29.4 Å². The van der Waals surface area contributed by atoms with Crippen molar-refractivity contribution < 1.29 is 32.7 Å². The maximum atomic E-state index is 14.0. The molecule has 5 rings (SSSR count). The summed E-state index contributed by atoms with van der Waals surface area (Å²) in [6.45, 7) is 1.99. The summed E-state index contributed by atoms with van der Waals surface area (Å²) in [5.74, 6) is -0.260. The molecule has 1 aromatic heterocycles. The van der Waals surface area contributed by atoms with Gasteiger partial charge in [-0.3, -0.25) is 9.59 Å². The van der Waals surface area contributed by atoms with Gasteiger partial charge in [-0.2, -0.15) is 0 Å². The number of rotatable bonds is 9. The summed E-state index contributed by atoms with van der Waals surface area (Å²) in [6, 6.07) is 5.80. The van der Waals surface area contributed by atoms with Crippen LogP contribution in [0, 0.1) is 23.7 Å². The van der Waals surface area contributed by atoms with E-state index in [4.69, 9.17) is 19.6 Å². The molecule has 1 saturated heterocycles. The molecule has 9 nitrogen and oxygen atoms in total. The number of methoxy groups -OCH3 is 1. The van der Waals surface area contributed by atoms with Crippen LogP contribution in [0.25, 0.3) is 11.0 Å². The molecular weight excluding hydrogens is 541 g/mol. The molecule has 10 heteroatoms. The second kappa shape index (κ2) is 13.5. The van der Waals surface area contributed by atoms with Crippen LogP contribution in [0.5, 0.6) is 0 Å². The lowest BCUT2D eigenvalue weighted by atomic mass is 9.75. The van der Waals surface area contributed by atoms with Crippen molar-refractivity contribution in [1.29, 1.82) is 0 Å². The van der Waals surface area contributed by atoms with E-state index in [1.807, 2.05) is 4.90 Å². The summed E-state index contributed by atoms with van der Waals surface area (Å²) in [5.41, 5.74) is 7.04. The number of anilines is 1. The number of alkyl halides is 1. The third-order valence-electron chi connectivity index (χ3n) is 9.82. The van der Waals surface area contributed by atoms with Crippen LogP contribution in [0.4, 0.5) is 10.1 Å². The van der Waals surface area contributed by atoms with E-state index in [9.17, 15) is 18.8 Å². The van der Waals surface area contributed by atoms with Gasteiger partial charge in [0.1, 0.15) is 18.3 Å². The highest BCUT2D eigenvalue weighted by molar-refractivity contribution is 6.00. The normalized spacial score (nSPS) is 28.9. The Morgan fingerprint density at radius 3 is 2.48 bits per heavy atom. The fourth-order valence-electron chi connectivity index (χ4n) is 7.44. The summed E-state index contributed by atoms with van der Waals surface area (Å²) in [4.78, 5) is 41.9. The molecule has 3 N–H and O–H groups in total. The number of nitrogens with two attached hydrogens (primary N) is 1. The number of nitrogens with one attached hydrogen (secondary N) is 1. The van der Waals surface area contributed by atoms with Crippen LogP contribution in [0.15, 0.2) is 28.7 Å². The van der Waals surface area contributed by atoms with Gasteiger partial charge in [0.05, 0.1) is 12.7 Å². The Bertz CT molecular complexity index is 1250. The molecule has 3 fully saturated rings. The number of esters is 1. The van der Waals surface area contributed by atoms with E-state index in [0.717, 1.165) is 44.9 Å². The van der Waals surface area contributed by atoms with Gasteiger partial charge in [-0.25, -0.2) is 9.18 Å². The number of ether oxygens (including phenoxy) is 2. The highest BCUT2D eigenvalue weighted by Crippen LogP contribution is 2.42. The van der Waals surface area contributed by atoms with Crippen molar-refractivity contribution in [3.63, 3.8) is 0 Å². The number of likely N-dealkylation sites (tertiary alicyclic amines) is 1. The Morgan fingerprint density at radius 2 is 1.81 bits per heavy atom. The first-order valence-electron chi connectivity index (χ1n) is 15.5. The van der Waals surface area contributed by atoms with Gasteiger partial charge in [0, 0.05) is 36.7 Å². The van der Waals surface area contributed by atoms with Crippen LogP contribution < -0.4 is 11.1 Å². The average Bonchev–Trinajstić information content (AvgIpc) is 3.65. The predicted molar refractivity (Wildman–Crippen MR) is 157 cm³/mol. The van der Waals surface area contributed by atoms with Gasteiger partial charge in [-0.05, 0) is 107 Å². The summed E-state index contributed by atoms with van der Waals surface area (Å²) < 4.78 is 29.4. The van der Waals surface area contributed by atoms with Gasteiger partial charge in [-0.1, -0.05) is 0 Å². The van der Waals surface area contributed by atoms with E-state index in [1.165, 1.54) is 0 Å². The molecule has 0 unspecified atom stereocenters. The van der Waals surface area contributed by atoms with Crippen molar-refractivity contribution in [3.05, 3.63) is 30.0 Å². The molecular formula is C32H44FN3O6. The molecule has 2 aliphatic carbocycles. The number of hydrogen-bond acceptors (Lipinski definition) is 7. The Balaban J connectivity index is 1.33. The molecule has 2 amide bonds. The number of carbonyl (C=O) groups excluding carboxylic acids is 3. The minimum absolute atomic E-state index is 0.0277. The molecule has 0 bridgehead atoms. The predicted octanol–water partition coefficient (Wildman–Crippen LogP) is 5.07. The van der Waals surface area contributed by atoms with Crippen LogP contribution in [-0.2, 0) is 19.1 Å². The molecule has 2 saturated carbocycles. The van der Waals surface area contributed by atoms with E-state index >= 15 is 0 Å². The average molecular weight is 586 g/mol. The van der Waals surface area contributed by atoms with E-state index in [1.54, 1.807) is 38.3 Å². The van der Waals surface area contributed by atoms with E-state index in [0.29, 0.717) is 42.0 Å². The highest BCUT2D eigenvalue weighted by atomic mass is 19.1. The summed E-state index contributed by atoms with van der Waals surface area (Å²) >= 11 is 0. The summed E-state index contributed by atoms with van der Waals surface area (Å²) in [5, 5.41) is 3.75. The maximum absolute atomic E-state index is 14.0. The number of amides is 2. The SMILES string of the molecule is CCOC(=O)c1cc2cc(NC(=O)[C@H]3[C@@H](C4CCC(OC)CC4)CCN3C(=O)C3CCC([C@H](N)CF)CC3)ccc2o1. The minimum atomic E-state index is -0.567. The number of hydrogen-bond donors (Lipinski definition) is 2. The zero-order chi connectivity index (χ0) is 29.8. The van der Waals surface area contributed by atoms with Gasteiger partial charge in [0.15, 0.2) is 0 Å². The van der Waals surface area contributed by atoms with Gasteiger partial charge < -0.3 is 29.8 Å². The number of benzene rings is 1. The molecule has 42 heavy (non-hydrogen) atoms. The summed E-state index contributed by atoms with van der Waals surface area (Å²) in [7, 11) is 1.75. The van der Waals surface area contributed by atoms with Gasteiger partial charge in [0.2, 0.25) is 17.6 Å². The molecule has 2 aromatic rings. The standard InChI is InChI=1S/C32H44FN3O6/c1-3-41-32(39)28-17-22-16-23(10-13-27(22)42-28)35-30(37)29-25(19-8-11-24(40-2)12-9-19)14-15-36(29)31(38)21-6-4-20(5-7-21)26(34)18-33/h10,13,16-17,19-21,24-26,29H,3-9,11-12,14-15,18,34H2,1-2H3,(H,35,37)/t19?,20?,21?,24?,25-,26-,29-/m1/s1. The molecule has 230 valence electrons. The van der Waals surface area contributed by atoms with Crippen molar-refractivity contribution in [2.45, 2.75) is 82.9 Å². The lowest BCUT2D eigenvalue weighted by Gasteiger charge is -2.37. The van der Waals surface area contributed by atoms with Crippen LogP contribution in [0.1, 0.15) is 75.3 Å². The van der Waals surface area contributed by atoms with Crippen molar-refractivity contribution >= 4 is 34.4 Å². The number of carbonyl (C=O) groups is 3. The Labute approximate surface area is 246 Å². The van der Waals surface area contributed by atoms with Crippen molar-refractivity contribution in [1.82, 2.24) is 4.90 Å². The smallest absolute Gasteiger partial charge is 0.374 e. The van der Waals surface area contributed by atoms with Gasteiger partial charge in [-0.15, -0.1) is 0 Å². The van der Waals surface area contributed by atoms with E-state index in [2.05, 4.69) is 5.32 Å². The molecule has 3 aliphatic rings. The van der Waals surface area contributed by atoms with E-state index in [-0.39, 0.29) is 48.0 Å². The maximum Gasteiger partial charge on any atom is 0.374 e. The molecule has 1 aromatic carbocycles. The first kappa shape index (κ1) is 30.5. The molecule has 1 aliphatic heterocycles. The van der Waals surface area contributed by atoms with E-state index < -0.39 is 24.7 Å². The number of fused-ring (bicyclic) bond motifs is 1. The fourth-order valence-corrected chi connectivity index (χ4v) is 7.44. The van der Waals surface area contributed by atoms with Crippen molar-refractivity contribution in [2.75, 3.05) is 32.3 Å². The monoisotopic (exact) mass is 585 g/mol. The third-order valence-corrected chi connectivity index (χ3v) is 9.82. The van der Waals surface area contributed by atoms with Gasteiger partial charge >= 0.3 is 5.97 Å². The second-order valence-electron chi connectivity index (χ2n) is 12.2. The quantitative estimate of drug-likeness (QED) is 0.394. The van der Waals surface area contributed by atoms with Crippen LogP contribution in [0.2, 0.25) is 0 Å².